The molecule has 9 heteroatoms. The zero-order valence-corrected chi connectivity index (χ0v) is 16.8. The molecule has 1 N–H and O–H groups in total. The van der Waals surface area contributed by atoms with E-state index >= 15 is 0 Å². The quantitative estimate of drug-likeness (QED) is 0.533. The zero-order chi connectivity index (χ0) is 19.2. The third-order valence-corrected chi connectivity index (χ3v) is 4.26. The van der Waals surface area contributed by atoms with Crippen LogP contribution in [0.25, 0.3) is 0 Å². The number of nitrogens with zero attached hydrogens (tertiary/aromatic N) is 2. The Hall–Kier alpha value is -2.29. The van der Waals surface area contributed by atoms with Crippen LogP contribution in [0, 0.1) is 0 Å². The molecule has 3 aromatic rings. The molecule has 2 aromatic heterocycles. The number of benzene rings is 1. The Bertz CT molecular complexity index is 925. The van der Waals surface area contributed by atoms with Gasteiger partial charge in [-0.1, -0.05) is 27.5 Å². The van der Waals surface area contributed by atoms with E-state index in [9.17, 15) is 4.79 Å². The Morgan fingerprint density at radius 1 is 1.37 bits per heavy atom. The summed E-state index contributed by atoms with van der Waals surface area (Å²) in [5.41, 5.74) is 0.551. The first-order chi connectivity index (χ1) is 13.0. The Balaban J connectivity index is 1.56. The summed E-state index contributed by atoms with van der Waals surface area (Å²) in [5.74, 6) is 0.835. The van der Waals surface area contributed by atoms with Crippen molar-refractivity contribution in [2.24, 2.45) is 0 Å². The number of halogens is 2. The molecule has 0 saturated carbocycles. The van der Waals surface area contributed by atoms with E-state index in [0.717, 1.165) is 4.47 Å². The van der Waals surface area contributed by atoms with Gasteiger partial charge in [0.05, 0.1) is 23.1 Å². The van der Waals surface area contributed by atoms with Gasteiger partial charge in [-0.05, 0) is 37.3 Å². The SMILES string of the molecule is CCOCn1cc(NC(=O)c2ccc(COc3ccc(Br)cc3Cl)o2)cn1. The van der Waals surface area contributed by atoms with E-state index in [1.54, 1.807) is 41.3 Å². The number of carbonyl (C=O) groups is 1. The predicted molar refractivity (Wildman–Crippen MR) is 104 cm³/mol. The number of ether oxygens (including phenoxy) is 2. The third-order valence-electron chi connectivity index (χ3n) is 3.47. The first-order valence-corrected chi connectivity index (χ1v) is 9.30. The molecule has 0 atom stereocenters. The third kappa shape index (κ3) is 5.35. The van der Waals surface area contributed by atoms with Crippen molar-refractivity contribution in [1.29, 1.82) is 0 Å². The summed E-state index contributed by atoms with van der Waals surface area (Å²) in [6.45, 7) is 2.97. The second-order valence-electron chi connectivity index (χ2n) is 5.47. The molecule has 1 amide bonds. The van der Waals surface area contributed by atoms with Crippen molar-refractivity contribution in [2.45, 2.75) is 20.3 Å². The van der Waals surface area contributed by atoms with Crippen LogP contribution >= 0.6 is 27.5 Å². The minimum atomic E-state index is -0.376. The number of hydrogen-bond donors (Lipinski definition) is 1. The largest absolute Gasteiger partial charge is 0.484 e. The van der Waals surface area contributed by atoms with Crippen LogP contribution in [-0.4, -0.2) is 22.3 Å². The fourth-order valence-electron chi connectivity index (χ4n) is 2.19. The molecule has 1 aromatic carbocycles. The van der Waals surface area contributed by atoms with Gasteiger partial charge in [0.1, 0.15) is 24.8 Å². The zero-order valence-electron chi connectivity index (χ0n) is 14.4. The summed E-state index contributed by atoms with van der Waals surface area (Å²) >= 11 is 9.45. The lowest BCUT2D eigenvalue weighted by Crippen LogP contribution is -2.10. The molecular formula is C18H17BrClN3O4. The molecule has 0 radical (unpaired) electrons. The van der Waals surface area contributed by atoms with Gasteiger partial charge in [0, 0.05) is 11.1 Å². The standard InChI is InChI=1S/C18H17BrClN3O4/c1-2-25-11-23-9-13(8-21-23)22-18(24)17-6-4-14(27-17)10-26-16-5-3-12(19)7-15(16)20/h3-9H,2,10-11H2,1H3,(H,22,24). The molecule has 27 heavy (non-hydrogen) atoms. The smallest absolute Gasteiger partial charge is 0.291 e. The molecule has 142 valence electrons. The Kier molecular flexibility index (Phi) is 6.54. The summed E-state index contributed by atoms with van der Waals surface area (Å²) in [4.78, 5) is 12.3. The number of nitrogens with one attached hydrogen (secondary N) is 1. The Morgan fingerprint density at radius 2 is 2.22 bits per heavy atom. The molecule has 0 fully saturated rings. The van der Waals surface area contributed by atoms with Gasteiger partial charge >= 0.3 is 0 Å². The molecule has 2 heterocycles. The van der Waals surface area contributed by atoms with Crippen molar-refractivity contribution in [2.75, 3.05) is 11.9 Å². The van der Waals surface area contributed by atoms with Crippen LogP contribution < -0.4 is 10.1 Å². The lowest BCUT2D eigenvalue weighted by molar-refractivity contribution is 0.0792. The van der Waals surface area contributed by atoms with E-state index in [-0.39, 0.29) is 18.3 Å². The maximum atomic E-state index is 12.3. The number of rotatable bonds is 8. The molecule has 0 unspecified atom stereocenters. The second-order valence-corrected chi connectivity index (χ2v) is 6.80. The van der Waals surface area contributed by atoms with E-state index in [1.807, 2.05) is 13.0 Å². The van der Waals surface area contributed by atoms with Crippen molar-refractivity contribution in [1.82, 2.24) is 9.78 Å². The monoisotopic (exact) mass is 453 g/mol. The molecule has 0 bridgehead atoms. The maximum absolute atomic E-state index is 12.3. The summed E-state index contributed by atoms with van der Waals surface area (Å²) < 4.78 is 18.9. The second kappa shape index (κ2) is 9.07. The van der Waals surface area contributed by atoms with Gasteiger partial charge in [0.15, 0.2) is 5.76 Å². The molecule has 0 saturated heterocycles. The number of aromatic nitrogens is 2. The average Bonchev–Trinajstić information content (AvgIpc) is 3.28. The molecule has 0 aliphatic rings. The Labute approximate surface area is 169 Å². The lowest BCUT2D eigenvalue weighted by atomic mass is 10.3. The van der Waals surface area contributed by atoms with Gasteiger partial charge in [0.2, 0.25) is 0 Å². The lowest BCUT2D eigenvalue weighted by Gasteiger charge is -2.06. The van der Waals surface area contributed by atoms with Crippen molar-refractivity contribution < 1.29 is 18.7 Å². The van der Waals surface area contributed by atoms with Crippen LogP contribution in [0.1, 0.15) is 23.2 Å². The Morgan fingerprint density at radius 3 is 3.00 bits per heavy atom. The number of anilines is 1. The van der Waals surface area contributed by atoms with E-state index in [2.05, 4.69) is 26.3 Å². The summed E-state index contributed by atoms with van der Waals surface area (Å²) in [6, 6.07) is 8.59. The average molecular weight is 455 g/mol. The fourth-order valence-corrected chi connectivity index (χ4v) is 2.92. The van der Waals surface area contributed by atoms with Crippen LogP contribution in [-0.2, 0) is 18.1 Å². The summed E-state index contributed by atoms with van der Waals surface area (Å²) in [5, 5.41) is 7.30. The van der Waals surface area contributed by atoms with Crippen molar-refractivity contribution >= 4 is 39.1 Å². The highest BCUT2D eigenvalue weighted by Gasteiger charge is 2.13. The van der Waals surface area contributed by atoms with Gasteiger partial charge in [0.25, 0.3) is 5.91 Å². The van der Waals surface area contributed by atoms with Gasteiger partial charge in [-0.15, -0.1) is 0 Å². The van der Waals surface area contributed by atoms with Crippen LogP contribution in [0.2, 0.25) is 5.02 Å². The minimum absolute atomic E-state index is 0.154. The fraction of sp³-hybridized carbons (Fsp3) is 0.222. The first kappa shape index (κ1) is 19.5. The topological polar surface area (TPSA) is 78.5 Å². The van der Waals surface area contributed by atoms with Crippen molar-refractivity contribution in [3.05, 3.63) is 63.7 Å². The summed E-state index contributed by atoms with van der Waals surface area (Å²) in [7, 11) is 0. The highest BCUT2D eigenvalue weighted by Crippen LogP contribution is 2.28. The van der Waals surface area contributed by atoms with E-state index in [4.69, 9.17) is 25.5 Å². The number of carbonyl (C=O) groups excluding carboxylic acids is 1. The number of furan rings is 1. The minimum Gasteiger partial charge on any atom is -0.484 e. The molecule has 7 nitrogen and oxygen atoms in total. The van der Waals surface area contributed by atoms with Crippen LogP contribution in [0.15, 0.2) is 51.6 Å². The van der Waals surface area contributed by atoms with Crippen molar-refractivity contribution in [3.8, 4) is 5.75 Å². The molecule has 0 aliphatic heterocycles. The first-order valence-electron chi connectivity index (χ1n) is 8.13. The van der Waals surface area contributed by atoms with Crippen LogP contribution in [0.3, 0.4) is 0 Å². The van der Waals surface area contributed by atoms with E-state index in [0.29, 0.717) is 35.6 Å². The van der Waals surface area contributed by atoms with Gasteiger partial charge < -0.3 is 19.2 Å². The molecule has 0 aliphatic carbocycles. The van der Waals surface area contributed by atoms with Crippen molar-refractivity contribution in [3.63, 3.8) is 0 Å². The van der Waals surface area contributed by atoms with Gasteiger partial charge in [-0.3, -0.25) is 4.79 Å². The highest BCUT2D eigenvalue weighted by atomic mass is 79.9. The summed E-state index contributed by atoms with van der Waals surface area (Å²) in [6.07, 6.45) is 3.22. The maximum Gasteiger partial charge on any atom is 0.291 e. The number of amides is 1. The highest BCUT2D eigenvalue weighted by molar-refractivity contribution is 9.10. The van der Waals surface area contributed by atoms with E-state index < -0.39 is 0 Å². The molecule has 3 rings (SSSR count). The van der Waals surface area contributed by atoms with Gasteiger partial charge in [-0.25, -0.2) is 4.68 Å². The predicted octanol–water partition coefficient (Wildman–Crippen LogP) is 4.72. The van der Waals surface area contributed by atoms with E-state index in [1.165, 1.54) is 0 Å². The van der Waals surface area contributed by atoms with Crippen LogP contribution in [0.5, 0.6) is 5.75 Å². The molecular weight excluding hydrogens is 438 g/mol. The van der Waals surface area contributed by atoms with Crippen LogP contribution in [0.4, 0.5) is 5.69 Å². The number of hydrogen-bond acceptors (Lipinski definition) is 5. The normalized spacial score (nSPS) is 10.8. The molecule has 0 spiro atoms. The van der Waals surface area contributed by atoms with Gasteiger partial charge in [-0.2, -0.15) is 5.10 Å².